The quantitative estimate of drug-likeness (QED) is 0.162. The van der Waals surface area contributed by atoms with Crippen LogP contribution in [0.1, 0.15) is 54.5 Å². The van der Waals surface area contributed by atoms with Gasteiger partial charge in [-0.2, -0.15) is 0 Å². The summed E-state index contributed by atoms with van der Waals surface area (Å²) in [5.41, 5.74) is 7.24. The van der Waals surface area contributed by atoms with Crippen LogP contribution in [0.15, 0.2) is 108 Å². The topological polar surface area (TPSA) is 21.6 Å². The van der Waals surface area contributed by atoms with Gasteiger partial charge in [-0.25, -0.2) is 0 Å². The Balaban J connectivity index is 1.75. The Kier molecular flexibility index (Phi) is 8.73. The van der Waals surface area contributed by atoms with Crippen LogP contribution in [-0.4, -0.2) is 12.8 Å². The molecule has 0 bridgehead atoms. The van der Waals surface area contributed by atoms with Crippen molar-refractivity contribution in [2.75, 3.05) is 7.05 Å². The van der Waals surface area contributed by atoms with Gasteiger partial charge < -0.3 is 4.74 Å². The number of para-hydroxylation sites is 1. The third-order valence-electron chi connectivity index (χ3n) is 7.01. The van der Waals surface area contributed by atoms with Gasteiger partial charge >= 0.3 is 0 Å². The molecular formula is C33H36NOP. The first-order valence-corrected chi connectivity index (χ1v) is 13.8. The van der Waals surface area contributed by atoms with Crippen LogP contribution in [-0.2, 0) is 11.8 Å². The minimum Gasteiger partial charge on any atom is -0.489 e. The third-order valence-corrected chi connectivity index (χ3v) is 9.38. The summed E-state index contributed by atoms with van der Waals surface area (Å²) in [4.78, 5) is 4.76. The summed E-state index contributed by atoms with van der Waals surface area (Å²) in [5.74, 6) is 0.986. The SMILES string of the molecule is CCC(CC)(Pc1c(C)cccc1/C(=N/C)c1ccccc1)c1ccccc1OCc1ccccc1. The van der Waals surface area contributed by atoms with Gasteiger partial charge in [0.1, 0.15) is 12.4 Å². The standard InChI is InChI=1S/C33H36NOP/c1-5-33(6-2,29-22-13-14-23-30(29)35-24-26-17-9-7-10-18-26)36-32-25(3)16-15-21-28(32)31(34-4)27-19-11-8-12-20-27/h7-23,36H,5-6,24H2,1-4H3/b34-31+. The Hall–Kier alpha value is -3.22. The number of nitrogens with zero attached hydrogens (tertiary/aromatic N) is 1. The Morgan fingerprint density at radius 1 is 0.778 bits per heavy atom. The second-order valence-corrected chi connectivity index (χ2v) is 10.8. The summed E-state index contributed by atoms with van der Waals surface area (Å²) < 4.78 is 6.45. The van der Waals surface area contributed by atoms with Gasteiger partial charge in [-0.05, 0) is 42.3 Å². The average molecular weight is 494 g/mol. The first-order valence-electron chi connectivity index (χ1n) is 12.8. The van der Waals surface area contributed by atoms with Gasteiger partial charge in [-0.15, -0.1) is 0 Å². The molecule has 0 fully saturated rings. The molecule has 2 nitrogen and oxygen atoms in total. The average Bonchev–Trinajstić information content (AvgIpc) is 2.94. The molecule has 0 aliphatic heterocycles. The van der Waals surface area contributed by atoms with E-state index in [0.29, 0.717) is 15.2 Å². The first-order chi connectivity index (χ1) is 17.6. The molecule has 0 aliphatic rings. The molecule has 0 saturated carbocycles. The van der Waals surface area contributed by atoms with Gasteiger partial charge in [0.05, 0.1) is 5.71 Å². The number of ether oxygens (including phenoxy) is 1. The monoisotopic (exact) mass is 493 g/mol. The Morgan fingerprint density at radius 3 is 2.08 bits per heavy atom. The number of hydrogen-bond acceptors (Lipinski definition) is 2. The number of benzene rings is 4. The van der Waals surface area contributed by atoms with E-state index in [0.717, 1.165) is 29.9 Å². The van der Waals surface area contributed by atoms with Crippen molar-refractivity contribution in [3.05, 3.63) is 131 Å². The fourth-order valence-electron chi connectivity index (χ4n) is 4.87. The maximum Gasteiger partial charge on any atom is 0.123 e. The van der Waals surface area contributed by atoms with E-state index in [-0.39, 0.29) is 5.16 Å². The van der Waals surface area contributed by atoms with Crippen LogP contribution in [0.3, 0.4) is 0 Å². The smallest absolute Gasteiger partial charge is 0.123 e. The van der Waals surface area contributed by atoms with Crippen LogP contribution in [0.25, 0.3) is 0 Å². The summed E-state index contributed by atoms with van der Waals surface area (Å²) in [6, 6.07) is 36.2. The molecule has 1 atom stereocenters. The van der Waals surface area contributed by atoms with Gasteiger partial charge in [0.25, 0.3) is 0 Å². The lowest BCUT2D eigenvalue weighted by Gasteiger charge is -2.35. The van der Waals surface area contributed by atoms with Crippen LogP contribution in [0.2, 0.25) is 0 Å². The molecule has 1 unspecified atom stereocenters. The van der Waals surface area contributed by atoms with Crippen molar-refractivity contribution in [3.8, 4) is 5.75 Å². The van der Waals surface area contributed by atoms with Crippen molar-refractivity contribution in [1.29, 1.82) is 0 Å². The van der Waals surface area contributed by atoms with E-state index in [9.17, 15) is 0 Å². The highest BCUT2D eigenvalue weighted by Gasteiger charge is 2.33. The van der Waals surface area contributed by atoms with E-state index < -0.39 is 0 Å². The Morgan fingerprint density at radius 2 is 1.42 bits per heavy atom. The van der Waals surface area contributed by atoms with Crippen LogP contribution < -0.4 is 10.0 Å². The number of hydrogen-bond donors (Lipinski definition) is 0. The number of aryl methyl sites for hydroxylation is 1. The van der Waals surface area contributed by atoms with Crippen LogP contribution in [0, 0.1) is 6.92 Å². The molecule has 3 heteroatoms. The molecule has 0 saturated heterocycles. The maximum absolute atomic E-state index is 6.45. The largest absolute Gasteiger partial charge is 0.489 e. The molecule has 0 heterocycles. The summed E-state index contributed by atoms with van der Waals surface area (Å²) in [7, 11) is 2.49. The van der Waals surface area contributed by atoms with Gasteiger partial charge in [0.2, 0.25) is 0 Å². The summed E-state index contributed by atoms with van der Waals surface area (Å²) in [6.07, 6.45) is 2.07. The van der Waals surface area contributed by atoms with Gasteiger partial charge in [-0.3, -0.25) is 4.99 Å². The predicted molar refractivity (Wildman–Crippen MR) is 157 cm³/mol. The van der Waals surface area contributed by atoms with Crippen LogP contribution in [0.5, 0.6) is 5.75 Å². The third kappa shape index (κ3) is 5.61. The first kappa shape index (κ1) is 25.9. The molecule has 4 aromatic rings. The van der Waals surface area contributed by atoms with E-state index in [1.54, 1.807) is 0 Å². The van der Waals surface area contributed by atoms with E-state index in [4.69, 9.17) is 9.73 Å². The van der Waals surface area contributed by atoms with Crippen molar-refractivity contribution < 1.29 is 4.74 Å². The maximum atomic E-state index is 6.45. The number of aliphatic imine (C=N–C) groups is 1. The lowest BCUT2D eigenvalue weighted by molar-refractivity contribution is 0.298. The van der Waals surface area contributed by atoms with Gasteiger partial charge in [0, 0.05) is 28.9 Å². The summed E-state index contributed by atoms with van der Waals surface area (Å²) in [6.45, 7) is 7.43. The molecular weight excluding hydrogens is 457 g/mol. The molecule has 0 aliphatic carbocycles. The Bertz CT molecular complexity index is 1290. The van der Waals surface area contributed by atoms with Crippen LogP contribution in [0.4, 0.5) is 0 Å². The van der Waals surface area contributed by atoms with E-state index >= 15 is 0 Å². The molecule has 0 spiro atoms. The Labute approximate surface area is 218 Å². The lowest BCUT2D eigenvalue weighted by Crippen LogP contribution is -2.26. The highest BCUT2D eigenvalue weighted by molar-refractivity contribution is 7.49. The normalized spacial score (nSPS) is 12.3. The highest BCUT2D eigenvalue weighted by Crippen LogP contribution is 2.50. The lowest BCUT2D eigenvalue weighted by atomic mass is 9.92. The van der Waals surface area contributed by atoms with E-state index in [1.165, 1.54) is 27.6 Å². The number of rotatable bonds is 10. The van der Waals surface area contributed by atoms with E-state index in [1.807, 2.05) is 13.1 Å². The molecule has 0 N–H and O–H groups in total. The van der Waals surface area contributed by atoms with Gasteiger partial charge in [-0.1, -0.05) is 119 Å². The minimum atomic E-state index is -0.0241. The summed E-state index contributed by atoms with van der Waals surface area (Å²) in [5, 5.41) is 1.37. The van der Waals surface area contributed by atoms with Crippen molar-refractivity contribution in [1.82, 2.24) is 0 Å². The molecule has 184 valence electrons. The minimum absolute atomic E-state index is 0.0241. The molecule has 0 radical (unpaired) electrons. The van der Waals surface area contributed by atoms with Crippen molar-refractivity contribution in [3.63, 3.8) is 0 Å². The molecule has 0 amide bonds. The highest BCUT2D eigenvalue weighted by atomic mass is 31.1. The zero-order valence-electron chi connectivity index (χ0n) is 21.8. The van der Waals surface area contributed by atoms with Crippen LogP contribution >= 0.6 is 8.58 Å². The van der Waals surface area contributed by atoms with E-state index in [2.05, 4.69) is 118 Å². The molecule has 4 rings (SSSR count). The zero-order chi connectivity index (χ0) is 25.4. The second-order valence-electron chi connectivity index (χ2n) is 9.12. The fourth-order valence-corrected chi connectivity index (χ4v) is 6.66. The van der Waals surface area contributed by atoms with Gasteiger partial charge in [0.15, 0.2) is 0 Å². The predicted octanol–water partition coefficient (Wildman–Crippen LogP) is 8.06. The molecule has 0 aromatic heterocycles. The van der Waals surface area contributed by atoms with Crippen molar-refractivity contribution in [2.24, 2.45) is 4.99 Å². The fraction of sp³-hybridized carbons (Fsp3) is 0.242. The molecule has 36 heavy (non-hydrogen) atoms. The molecule has 4 aromatic carbocycles. The van der Waals surface area contributed by atoms with Crippen molar-refractivity contribution in [2.45, 2.75) is 45.4 Å². The zero-order valence-corrected chi connectivity index (χ0v) is 22.8. The second kappa shape index (κ2) is 12.2. The summed E-state index contributed by atoms with van der Waals surface area (Å²) >= 11 is 0. The van der Waals surface area contributed by atoms with Crippen molar-refractivity contribution >= 4 is 19.6 Å².